The molecule has 1 saturated heterocycles. The van der Waals surface area contributed by atoms with Gasteiger partial charge in [0.05, 0.1) is 0 Å². The Kier molecular flexibility index (Phi) is 5.77. The van der Waals surface area contributed by atoms with Crippen LogP contribution in [0, 0.1) is 5.92 Å². The number of nitrogens with one attached hydrogen (secondary N) is 1. The standard InChI is InChI=1S/C12H25N3O/c1-10(2)14-12(16)5-8-15-7-4-11(9-15)3-6-13/h10-11H,3-9,13H2,1-2H3,(H,14,16). The van der Waals surface area contributed by atoms with Gasteiger partial charge in [-0.1, -0.05) is 0 Å². The summed E-state index contributed by atoms with van der Waals surface area (Å²) in [6.07, 6.45) is 2.98. The van der Waals surface area contributed by atoms with Crippen molar-refractivity contribution in [3.05, 3.63) is 0 Å². The third-order valence-corrected chi connectivity index (χ3v) is 3.05. The summed E-state index contributed by atoms with van der Waals surface area (Å²) in [6.45, 7) is 7.90. The van der Waals surface area contributed by atoms with Gasteiger partial charge in [-0.05, 0) is 45.7 Å². The van der Waals surface area contributed by atoms with Crippen LogP contribution in [0.25, 0.3) is 0 Å². The van der Waals surface area contributed by atoms with Gasteiger partial charge in [0.15, 0.2) is 0 Å². The summed E-state index contributed by atoms with van der Waals surface area (Å²) in [7, 11) is 0. The average molecular weight is 227 g/mol. The number of hydrogen-bond acceptors (Lipinski definition) is 3. The van der Waals surface area contributed by atoms with Crippen LogP contribution in [0.4, 0.5) is 0 Å². The summed E-state index contributed by atoms with van der Waals surface area (Å²) in [5.41, 5.74) is 5.55. The molecule has 0 spiro atoms. The van der Waals surface area contributed by atoms with Gasteiger partial charge in [-0.2, -0.15) is 0 Å². The van der Waals surface area contributed by atoms with E-state index in [1.54, 1.807) is 0 Å². The highest BCUT2D eigenvalue weighted by molar-refractivity contribution is 5.76. The van der Waals surface area contributed by atoms with Crippen LogP contribution >= 0.6 is 0 Å². The van der Waals surface area contributed by atoms with Crippen LogP contribution in [-0.4, -0.2) is 43.0 Å². The Labute approximate surface area is 98.6 Å². The van der Waals surface area contributed by atoms with E-state index in [0.717, 1.165) is 38.5 Å². The van der Waals surface area contributed by atoms with Crippen molar-refractivity contribution in [3.63, 3.8) is 0 Å². The molecule has 16 heavy (non-hydrogen) atoms. The van der Waals surface area contributed by atoms with Gasteiger partial charge in [-0.25, -0.2) is 0 Å². The zero-order chi connectivity index (χ0) is 12.0. The minimum atomic E-state index is 0.164. The second kappa shape index (κ2) is 6.86. The van der Waals surface area contributed by atoms with E-state index in [1.165, 1.54) is 6.42 Å². The van der Waals surface area contributed by atoms with Crippen molar-refractivity contribution < 1.29 is 4.79 Å². The van der Waals surface area contributed by atoms with Gasteiger partial charge in [0.1, 0.15) is 0 Å². The maximum Gasteiger partial charge on any atom is 0.221 e. The Morgan fingerprint density at radius 3 is 2.94 bits per heavy atom. The molecule has 0 bridgehead atoms. The molecule has 0 radical (unpaired) electrons. The van der Waals surface area contributed by atoms with E-state index in [2.05, 4.69) is 10.2 Å². The average Bonchev–Trinajstić information content (AvgIpc) is 2.62. The zero-order valence-corrected chi connectivity index (χ0v) is 10.5. The molecule has 1 amide bonds. The lowest BCUT2D eigenvalue weighted by atomic mass is 10.1. The van der Waals surface area contributed by atoms with Crippen molar-refractivity contribution in [2.75, 3.05) is 26.2 Å². The predicted octanol–water partition coefficient (Wildman–Crippen LogP) is 0.572. The first kappa shape index (κ1) is 13.5. The summed E-state index contributed by atoms with van der Waals surface area (Å²) < 4.78 is 0. The molecule has 0 aromatic rings. The Hall–Kier alpha value is -0.610. The second-order valence-corrected chi connectivity index (χ2v) is 5.00. The van der Waals surface area contributed by atoms with Crippen molar-refractivity contribution >= 4 is 5.91 Å². The maximum absolute atomic E-state index is 11.5. The number of hydrogen-bond donors (Lipinski definition) is 2. The number of amides is 1. The van der Waals surface area contributed by atoms with Gasteiger partial charge in [-0.15, -0.1) is 0 Å². The molecule has 1 aliphatic rings. The summed E-state index contributed by atoms with van der Waals surface area (Å²) in [6, 6.07) is 0.246. The third-order valence-electron chi connectivity index (χ3n) is 3.05. The first-order valence-corrected chi connectivity index (χ1v) is 6.33. The number of rotatable bonds is 6. The lowest BCUT2D eigenvalue weighted by Gasteiger charge is -2.16. The monoisotopic (exact) mass is 227 g/mol. The topological polar surface area (TPSA) is 58.4 Å². The summed E-state index contributed by atoms with van der Waals surface area (Å²) >= 11 is 0. The first-order chi connectivity index (χ1) is 7.61. The molecule has 3 N–H and O–H groups in total. The van der Waals surface area contributed by atoms with Gasteiger partial charge in [-0.3, -0.25) is 4.79 Å². The highest BCUT2D eigenvalue weighted by Crippen LogP contribution is 2.18. The predicted molar refractivity (Wildman–Crippen MR) is 66.1 cm³/mol. The fourth-order valence-corrected chi connectivity index (χ4v) is 2.24. The molecule has 4 nitrogen and oxygen atoms in total. The lowest BCUT2D eigenvalue weighted by molar-refractivity contribution is -0.121. The van der Waals surface area contributed by atoms with Gasteiger partial charge >= 0.3 is 0 Å². The van der Waals surface area contributed by atoms with Crippen molar-refractivity contribution in [1.82, 2.24) is 10.2 Å². The van der Waals surface area contributed by atoms with Crippen LogP contribution in [0.15, 0.2) is 0 Å². The molecule has 0 aromatic heterocycles. The molecule has 94 valence electrons. The molecule has 1 rings (SSSR count). The Bertz CT molecular complexity index is 218. The highest BCUT2D eigenvalue weighted by Gasteiger charge is 2.21. The molecular formula is C12H25N3O. The van der Waals surface area contributed by atoms with Crippen molar-refractivity contribution in [2.24, 2.45) is 11.7 Å². The molecule has 4 heteroatoms. The fourth-order valence-electron chi connectivity index (χ4n) is 2.24. The lowest BCUT2D eigenvalue weighted by Crippen LogP contribution is -2.33. The minimum Gasteiger partial charge on any atom is -0.354 e. The van der Waals surface area contributed by atoms with E-state index < -0.39 is 0 Å². The number of likely N-dealkylation sites (tertiary alicyclic amines) is 1. The Morgan fingerprint density at radius 2 is 2.31 bits per heavy atom. The smallest absolute Gasteiger partial charge is 0.221 e. The Balaban J connectivity index is 2.12. The fraction of sp³-hybridized carbons (Fsp3) is 0.917. The first-order valence-electron chi connectivity index (χ1n) is 6.33. The number of nitrogens with zero attached hydrogens (tertiary/aromatic N) is 1. The molecule has 0 saturated carbocycles. The van der Waals surface area contributed by atoms with Crippen LogP contribution in [0.2, 0.25) is 0 Å². The largest absolute Gasteiger partial charge is 0.354 e. The van der Waals surface area contributed by atoms with E-state index in [1.807, 2.05) is 13.8 Å². The molecular weight excluding hydrogens is 202 g/mol. The highest BCUT2D eigenvalue weighted by atomic mass is 16.1. The second-order valence-electron chi connectivity index (χ2n) is 5.00. The van der Waals surface area contributed by atoms with E-state index in [4.69, 9.17) is 5.73 Å². The quantitative estimate of drug-likeness (QED) is 0.697. The summed E-state index contributed by atoms with van der Waals surface area (Å²) in [4.78, 5) is 13.8. The van der Waals surface area contributed by atoms with Crippen LogP contribution in [-0.2, 0) is 4.79 Å². The van der Waals surface area contributed by atoms with Crippen LogP contribution < -0.4 is 11.1 Å². The molecule has 1 atom stereocenters. The zero-order valence-electron chi connectivity index (χ0n) is 10.5. The Morgan fingerprint density at radius 1 is 1.56 bits per heavy atom. The van der Waals surface area contributed by atoms with E-state index in [9.17, 15) is 4.79 Å². The van der Waals surface area contributed by atoms with E-state index >= 15 is 0 Å². The van der Waals surface area contributed by atoms with E-state index in [0.29, 0.717) is 6.42 Å². The van der Waals surface area contributed by atoms with Gasteiger partial charge in [0.25, 0.3) is 0 Å². The molecule has 1 aliphatic heterocycles. The molecule has 1 heterocycles. The maximum atomic E-state index is 11.5. The summed E-state index contributed by atoms with van der Waals surface area (Å²) in [5.74, 6) is 0.912. The summed E-state index contributed by atoms with van der Waals surface area (Å²) in [5, 5.41) is 2.92. The minimum absolute atomic E-state index is 0.164. The van der Waals surface area contributed by atoms with Crippen LogP contribution in [0.3, 0.4) is 0 Å². The van der Waals surface area contributed by atoms with Gasteiger partial charge < -0.3 is 16.0 Å². The third kappa shape index (κ3) is 4.94. The molecule has 1 unspecified atom stereocenters. The normalized spacial score (nSPS) is 21.6. The van der Waals surface area contributed by atoms with Crippen LogP contribution in [0.1, 0.15) is 33.1 Å². The SMILES string of the molecule is CC(C)NC(=O)CCN1CCC(CCN)C1. The van der Waals surface area contributed by atoms with Crippen molar-refractivity contribution in [2.45, 2.75) is 39.2 Å². The van der Waals surface area contributed by atoms with Gasteiger partial charge in [0.2, 0.25) is 5.91 Å². The molecule has 0 aromatic carbocycles. The molecule has 1 fully saturated rings. The molecule has 0 aliphatic carbocycles. The van der Waals surface area contributed by atoms with E-state index in [-0.39, 0.29) is 11.9 Å². The number of carbonyl (C=O) groups excluding carboxylic acids is 1. The number of carbonyl (C=O) groups is 1. The number of nitrogens with two attached hydrogens (primary N) is 1. The van der Waals surface area contributed by atoms with Gasteiger partial charge in [0, 0.05) is 25.6 Å². The van der Waals surface area contributed by atoms with Crippen molar-refractivity contribution in [3.8, 4) is 0 Å². The van der Waals surface area contributed by atoms with Crippen LogP contribution in [0.5, 0.6) is 0 Å². The van der Waals surface area contributed by atoms with Crippen molar-refractivity contribution in [1.29, 1.82) is 0 Å².